The molecule has 0 radical (unpaired) electrons. The number of amides is 2. The molecule has 2 heterocycles. The van der Waals surface area contributed by atoms with Gasteiger partial charge in [-0.2, -0.15) is 0 Å². The molecule has 2 N–H and O–H groups in total. The van der Waals surface area contributed by atoms with Gasteiger partial charge in [0.2, 0.25) is 0 Å². The highest BCUT2D eigenvalue weighted by Gasteiger charge is 2.29. The van der Waals surface area contributed by atoms with Crippen LogP contribution in [-0.4, -0.2) is 23.7 Å². The number of carbonyl (C=O) groups is 1. The predicted octanol–water partition coefficient (Wildman–Crippen LogP) is 3.60. The van der Waals surface area contributed by atoms with Gasteiger partial charge in [-0.3, -0.25) is 4.98 Å². The molecule has 1 aliphatic rings. The minimum Gasteiger partial charge on any atom is -0.493 e. The zero-order valence-corrected chi connectivity index (χ0v) is 14.6. The van der Waals surface area contributed by atoms with Gasteiger partial charge in [-0.1, -0.05) is 36.4 Å². The lowest BCUT2D eigenvalue weighted by Crippen LogP contribution is -2.43. The van der Waals surface area contributed by atoms with Crippen molar-refractivity contribution in [2.45, 2.75) is 25.4 Å². The molecular weight excluding hydrogens is 326 g/mol. The maximum Gasteiger partial charge on any atom is 0.315 e. The summed E-state index contributed by atoms with van der Waals surface area (Å²) in [6, 6.07) is 17.7. The number of fused-ring (bicyclic) bond motifs is 2. The molecule has 0 fully saturated rings. The summed E-state index contributed by atoms with van der Waals surface area (Å²) in [6.07, 6.45) is 1.77. The number of urea groups is 1. The van der Waals surface area contributed by atoms with Crippen molar-refractivity contribution in [3.8, 4) is 5.75 Å². The Morgan fingerprint density at radius 2 is 2.00 bits per heavy atom. The van der Waals surface area contributed by atoms with Crippen molar-refractivity contribution in [1.29, 1.82) is 0 Å². The molecule has 0 saturated heterocycles. The summed E-state index contributed by atoms with van der Waals surface area (Å²) in [4.78, 5) is 16.7. The molecule has 4 rings (SSSR count). The van der Waals surface area contributed by atoms with Gasteiger partial charge < -0.3 is 15.4 Å². The zero-order valence-electron chi connectivity index (χ0n) is 14.6. The van der Waals surface area contributed by atoms with Crippen LogP contribution in [0.5, 0.6) is 5.75 Å². The van der Waals surface area contributed by atoms with Crippen molar-refractivity contribution in [3.05, 3.63) is 71.9 Å². The highest BCUT2D eigenvalue weighted by Crippen LogP contribution is 2.35. The molecule has 132 valence electrons. The third-order valence-electron chi connectivity index (χ3n) is 4.88. The Kier molecular flexibility index (Phi) is 4.44. The Bertz CT molecular complexity index is 936. The Hall–Kier alpha value is -3.08. The van der Waals surface area contributed by atoms with Crippen LogP contribution in [0.4, 0.5) is 4.79 Å². The lowest BCUT2D eigenvalue weighted by molar-refractivity contribution is 0.232. The lowest BCUT2D eigenvalue weighted by Gasteiger charge is -2.20. The van der Waals surface area contributed by atoms with Gasteiger partial charge >= 0.3 is 6.03 Å². The second kappa shape index (κ2) is 7.04. The maximum absolute atomic E-state index is 12.4. The number of aromatic nitrogens is 1. The first-order valence-corrected chi connectivity index (χ1v) is 8.81. The van der Waals surface area contributed by atoms with E-state index in [1.807, 2.05) is 55.5 Å². The number of rotatable bonds is 4. The summed E-state index contributed by atoms with van der Waals surface area (Å²) >= 11 is 0. The van der Waals surface area contributed by atoms with E-state index in [0.717, 1.165) is 27.8 Å². The molecule has 0 unspecified atom stereocenters. The van der Waals surface area contributed by atoms with E-state index in [-0.39, 0.29) is 18.0 Å². The molecule has 1 aliphatic heterocycles. The SMILES string of the molecule is C[C@@H](NC(=O)NCc1ccnc2ccccc12)[C@@H]1COc2ccccc21. The average molecular weight is 347 g/mol. The van der Waals surface area contributed by atoms with Gasteiger partial charge in [0, 0.05) is 35.7 Å². The largest absolute Gasteiger partial charge is 0.493 e. The first-order valence-electron chi connectivity index (χ1n) is 8.81. The van der Waals surface area contributed by atoms with Crippen LogP contribution in [-0.2, 0) is 6.54 Å². The molecule has 5 nitrogen and oxygen atoms in total. The first kappa shape index (κ1) is 16.4. The van der Waals surface area contributed by atoms with Crippen molar-refractivity contribution in [1.82, 2.24) is 15.6 Å². The molecule has 0 saturated carbocycles. The molecule has 1 aromatic heterocycles. The molecule has 2 atom stereocenters. The van der Waals surface area contributed by atoms with Gasteiger partial charge in [0.25, 0.3) is 0 Å². The monoisotopic (exact) mass is 347 g/mol. The highest BCUT2D eigenvalue weighted by atomic mass is 16.5. The summed E-state index contributed by atoms with van der Waals surface area (Å²) in [5.74, 6) is 1.08. The molecule has 2 amide bonds. The van der Waals surface area contributed by atoms with Crippen LogP contribution in [0.1, 0.15) is 24.0 Å². The van der Waals surface area contributed by atoms with Crippen LogP contribution in [0.25, 0.3) is 10.9 Å². The number of para-hydroxylation sites is 2. The van der Waals surface area contributed by atoms with E-state index in [2.05, 4.69) is 21.7 Å². The Morgan fingerprint density at radius 3 is 2.92 bits per heavy atom. The van der Waals surface area contributed by atoms with E-state index in [1.165, 1.54) is 0 Å². The molecule has 26 heavy (non-hydrogen) atoms. The number of nitrogens with one attached hydrogen (secondary N) is 2. The van der Waals surface area contributed by atoms with Crippen LogP contribution in [0, 0.1) is 0 Å². The smallest absolute Gasteiger partial charge is 0.315 e. The summed E-state index contributed by atoms with van der Waals surface area (Å²) in [5.41, 5.74) is 3.13. The van der Waals surface area contributed by atoms with Gasteiger partial charge in [0.05, 0.1) is 12.1 Å². The molecule has 0 bridgehead atoms. The topological polar surface area (TPSA) is 63.2 Å². The Balaban J connectivity index is 1.38. The molecule has 0 spiro atoms. The van der Waals surface area contributed by atoms with Crippen LogP contribution in [0.15, 0.2) is 60.8 Å². The van der Waals surface area contributed by atoms with Gasteiger partial charge in [-0.05, 0) is 30.7 Å². The molecule has 3 aromatic rings. The number of carbonyl (C=O) groups excluding carboxylic acids is 1. The molecule has 0 aliphatic carbocycles. The molecule has 5 heteroatoms. The number of hydrogen-bond acceptors (Lipinski definition) is 3. The maximum atomic E-state index is 12.4. The number of hydrogen-bond donors (Lipinski definition) is 2. The Labute approximate surface area is 152 Å². The fourth-order valence-corrected chi connectivity index (χ4v) is 3.44. The van der Waals surface area contributed by atoms with Gasteiger partial charge in [0.15, 0.2) is 0 Å². The minimum atomic E-state index is -0.178. The normalized spacial score (nSPS) is 16.6. The van der Waals surface area contributed by atoms with Crippen LogP contribution < -0.4 is 15.4 Å². The number of nitrogens with zero attached hydrogens (tertiary/aromatic N) is 1. The van der Waals surface area contributed by atoms with Crippen molar-refractivity contribution in [2.75, 3.05) is 6.61 Å². The Morgan fingerprint density at radius 1 is 1.19 bits per heavy atom. The number of benzene rings is 2. The minimum absolute atomic E-state index is 0.0205. The van der Waals surface area contributed by atoms with E-state index in [4.69, 9.17) is 4.74 Å². The van der Waals surface area contributed by atoms with Gasteiger partial charge in [-0.15, -0.1) is 0 Å². The van der Waals surface area contributed by atoms with E-state index >= 15 is 0 Å². The molecule has 2 aromatic carbocycles. The fraction of sp³-hybridized carbons (Fsp3) is 0.238. The third-order valence-corrected chi connectivity index (χ3v) is 4.88. The summed E-state index contributed by atoms with van der Waals surface area (Å²) < 4.78 is 5.71. The van der Waals surface area contributed by atoms with E-state index < -0.39 is 0 Å². The van der Waals surface area contributed by atoms with E-state index in [9.17, 15) is 4.79 Å². The van der Waals surface area contributed by atoms with Crippen LogP contribution in [0.3, 0.4) is 0 Å². The quantitative estimate of drug-likeness (QED) is 0.758. The average Bonchev–Trinajstić information content (AvgIpc) is 3.10. The zero-order chi connectivity index (χ0) is 17.9. The van der Waals surface area contributed by atoms with Gasteiger partial charge in [-0.25, -0.2) is 4.79 Å². The first-order chi connectivity index (χ1) is 12.7. The van der Waals surface area contributed by atoms with Crippen LogP contribution >= 0.6 is 0 Å². The fourth-order valence-electron chi connectivity index (χ4n) is 3.44. The summed E-state index contributed by atoms with van der Waals surface area (Å²) in [7, 11) is 0. The second-order valence-electron chi connectivity index (χ2n) is 6.56. The molecular formula is C21H21N3O2. The summed E-state index contributed by atoms with van der Waals surface area (Å²) in [6.45, 7) is 3.06. The highest BCUT2D eigenvalue weighted by molar-refractivity contribution is 5.82. The lowest BCUT2D eigenvalue weighted by atomic mass is 9.94. The number of ether oxygens (including phenoxy) is 1. The number of pyridine rings is 1. The van der Waals surface area contributed by atoms with E-state index in [1.54, 1.807) is 6.20 Å². The van der Waals surface area contributed by atoms with Crippen molar-refractivity contribution in [2.24, 2.45) is 0 Å². The third kappa shape index (κ3) is 3.20. The summed E-state index contributed by atoms with van der Waals surface area (Å²) in [5, 5.41) is 7.04. The van der Waals surface area contributed by atoms with Crippen molar-refractivity contribution >= 4 is 16.9 Å². The van der Waals surface area contributed by atoms with Gasteiger partial charge in [0.1, 0.15) is 5.75 Å². The van der Waals surface area contributed by atoms with Crippen LogP contribution in [0.2, 0.25) is 0 Å². The second-order valence-corrected chi connectivity index (χ2v) is 6.56. The van der Waals surface area contributed by atoms with Crippen molar-refractivity contribution in [3.63, 3.8) is 0 Å². The standard InChI is InChI=1S/C21H21N3O2/c1-14(18-13-26-20-9-5-3-7-17(18)20)24-21(25)23-12-15-10-11-22-19-8-4-2-6-16(15)19/h2-11,14,18H,12-13H2,1H3,(H2,23,24,25)/t14-,18+/m1/s1. The van der Waals surface area contributed by atoms with E-state index in [0.29, 0.717) is 13.2 Å². The predicted molar refractivity (Wildman–Crippen MR) is 101 cm³/mol. The van der Waals surface area contributed by atoms with Crippen molar-refractivity contribution < 1.29 is 9.53 Å².